The van der Waals surface area contributed by atoms with Crippen LogP contribution >= 0.6 is 0 Å². The van der Waals surface area contributed by atoms with Crippen molar-refractivity contribution in [2.75, 3.05) is 18.4 Å². The number of para-hydroxylation sites is 1. The molecule has 1 atom stereocenters. The first-order chi connectivity index (χ1) is 8.43. The van der Waals surface area contributed by atoms with Gasteiger partial charge in [0.15, 0.2) is 0 Å². The summed E-state index contributed by atoms with van der Waals surface area (Å²) >= 11 is 0. The summed E-state index contributed by atoms with van der Waals surface area (Å²) in [4.78, 5) is 2.62. The standard InChI is InChI=1S/C15H18N2/c1-2-6-12-11(5-1)15-13(16-12)8-10-17-9-4-3-7-14(15)17/h1-2,5-6,13,16H,3-4,7-10H2. The van der Waals surface area contributed by atoms with E-state index >= 15 is 0 Å². The molecule has 1 aromatic carbocycles. The van der Waals surface area contributed by atoms with E-state index in [2.05, 4.69) is 34.5 Å². The van der Waals surface area contributed by atoms with Gasteiger partial charge in [-0.25, -0.2) is 0 Å². The zero-order valence-electron chi connectivity index (χ0n) is 10.1. The Morgan fingerprint density at radius 1 is 1.12 bits per heavy atom. The van der Waals surface area contributed by atoms with Crippen molar-refractivity contribution in [1.29, 1.82) is 0 Å². The molecule has 3 aliphatic heterocycles. The molecule has 1 unspecified atom stereocenters. The van der Waals surface area contributed by atoms with Crippen LogP contribution < -0.4 is 5.32 Å². The highest BCUT2D eigenvalue weighted by molar-refractivity contribution is 5.88. The van der Waals surface area contributed by atoms with Crippen LogP contribution in [0.3, 0.4) is 0 Å². The zero-order valence-corrected chi connectivity index (χ0v) is 10.1. The van der Waals surface area contributed by atoms with E-state index in [0.717, 1.165) is 0 Å². The number of benzene rings is 1. The van der Waals surface area contributed by atoms with Crippen LogP contribution in [0.25, 0.3) is 5.57 Å². The van der Waals surface area contributed by atoms with E-state index < -0.39 is 0 Å². The monoisotopic (exact) mass is 226 g/mol. The number of fused-ring (bicyclic) bond motifs is 4. The lowest BCUT2D eigenvalue weighted by Crippen LogP contribution is -2.37. The molecule has 0 radical (unpaired) electrons. The summed E-state index contributed by atoms with van der Waals surface area (Å²) in [6, 6.07) is 9.37. The van der Waals surface area contributed by atoms with Gasteiger partial charge in [0.2, 0.25) is 0 Å². The quantitative estimate of drug-likeness (QED) is 0.731. The molecule has 17 heavy (non-hydrogen) atoms. The maximum Gasteiger partial charge on any atom is 0.0554 e. The molecular formula is C15H18N2. The van der Waals surface area contributed by atoms with Gasteiger partial charge in [0, 0.05) is 35.6 Å². The summed E-state index contributed by atoms with van der Waals surface area (Å²) < 4.78 is 0. The van der Waals surface area contributed by atoms with Crippen LogP contribution in [0.4, 0.5) is 5.69 Å². The van der Waals surface area contributed by atoms with Crippen molar-refractivity contribution in [3.63, 3.8) is 0 Å². The Labute approximate surface area is 102 Å². The van der Waals surface area contributed by atoms with Crippen LogP contribution in [0.2, 0.25) is 0 Å². The van der Waals surface area contributed by atoms with Gasteiger partial charge in [0.1, 0.15) is 0 Å². The Morgan fingerprint density at radius 3 is 3.06 bits per heavy atom. The molecule has 0 spiro atoms. The minimum Gasteiger partial charge on any atom is -0.378 e. The molecule has 1 fully saturated rings. The van der Waals surface area contributed by atoms with Crippen LogP contribution in [0.5, 0.6) is 0 Å². The largest absolute Gasteiger partial charge is 0.378 e. The second-order valence-corrected chi connectivity index (χ2v) is 5.34. The highest BCUT2D eigenvalue weighted by Crippen LogP contribution is 2.43. The third kappa shape index (κ3) is 1.33. The first-order valence-corrected chi connectivity index (χ1v) is 6.77. The van der Waals surface area contributed by atoms with Crippen LogP contribution in [-0.2, 0) is 0 Å². The Morgan fingerprint density at radius 2 is 2.06 bits per heavy atom. The van der Waals surface area contributed by atoms with Gasteiger partial charge in [-0.1, -0.05) is 18.2 Å². The fraction of sp³-hybridized carbons (Fsp3) is 0.467. The maximum atomic E-state index is 3.68. The Bertz CT molecular complexity index is 489. The number of anilines is 1. The Balaban J connectivity index is 1.88. The third-order valence-electron chi connectivity index (χ3n) is 4.37. The van der Waals surface area contributed by atoms with E-state index in [0.29, 0.717) is 6.04 Å². The molecule has 0 aliphatic carbocycles. The topological polar surface area (TPSA) is 15.3 Å². The molecule has 3 heterocycles. The summed E-state index contributed by atoms with van der Waals surface area (Å²) in [5, 5.41) is 3.68. The van der Waals surface area contributed by atoms with Gasteiger partial charge >= 0.3 is 0 Å². The van der Waals surface area contributed by atoms with Crippen LogP contribution in [0, 0.1) is 0 Å². The van der Waals surface area contributed by atoms with Gasteiger partial charge in [-0.05, 0) is 31.7 Å². The van der Waals surface area contributed by atoms with E-state index in [1.807, 2.05) is 0 Å². The van der Waals surface area contributed by atoms with Gasteiger partial charge in [-0.3, -0.25) is 0 Å². The van der Waals surface area contributed by atoms with E-state index in [4.69, 9.17) is 0 Å². The molecule has 2 nitrogen and oxygen atoms in total. The normalized spacial score (nSPS) is 26.1. The summed E-state index contributed by atoms with van der Waals surface area (Å²) in [5.41, 5.74) is 6.03. The molecule has 3 aliphatic rings. The van der Waals surface area contributed by atoms with E-state index in [1.165, 1.54) is 50.0 Å². The molecule has 1 N–H and O–H groups in total. The third-order valence-corrected chi connectivity index (χ3v) is 4.37. The fourth-order valence-corrected chi connectivity index (χ4v) is 3.59. The Kier molecular flexibility index (Phi) is 1.99. The van der Waals surface area contributed by atoms with Crippen molar-refractivity contribution in [3.05, 3.63) is 35.5 Å². The van der Waals surface area contributed by atoms with Crippen molar-refractivity contribution in [1.82, 2.24) is 4.90 Å². The summed E-state index contributed by atoms with van der Waals surface area (Å²) in [7, 11) is 0. The van der Waals surface area contributed by atoms with Crippen LogP contribution in [0.1, 0.15) is 31.2 Å². The van der Waals surface area contributed by atoms with Crippen LogP contribution in [-0.4, -0.2) is 24.0 Å². The number of rotatable bonds is 0. The Hall–Kier alpha value is -1.44. The maximum absolute atomic E-state index is 3.68. The number of nitrogens with one attached hydrogen (secondary N) is 1. The van der Waals surface area contributed by atoms with Crippen molar-refractivity contribution in [3.8, 4) is 0 Å². The first kappa shape index (κ1) is 9.58. The predicted octanol–water partition coefficient (Wildman–Crippen LogP) is 3.08. The summed E-state index contributed by atoms with van der Waals surface area (Å²) in [6.45, 7) is 2.51. The highest BCUT2D eigenvalue weighted by atomic mass is 15.2. The first-order valence-electron chi connectivity index (χ1n) is 6.77. The van der Waals surface area contributed by atoms with Gasteiger partial charge in [-0.2, -0.15) is 0 Å². The van der Waals surface area contributed by atoms with Gasteiger partial charge in [0.25, 0.3) is 0 Å². The lowest BCUT2D eigenvalue weighted by molar-refractivity contribution is 0.274. The van der Waals surface area contributed by atoms with Crippen molar-refractivity contribution >= 4 is 11.3 Å². The predicted molar refractivity (Wildman–Crippen MR) is 70.8 cm³/mol. The number of hydrogen-bond acceptors (Lipinski definition) is 2. The average Bonchev–Trinajstić information content (AvgIpc) is 2.77. The minimum absolute atomic E-state index is 0.580. The number of piperidine rings is 1. The smallest absolute Gasteiger partial charge is 0.0554 e. The van der Waals surface area contributed by atoms with Crippen LogP contribution in [0.15, 0.2) is 30.0 Å². The molecule has 88 valence electrons. The molecular weight excluding hydrogens is 208 g/mol. The van der Waals surface area contributed by atoms with Gasteiger partial charge in [-0.15, -0.1) is 0 Å². The zero-order chi connectivity index (χ0) is 11.2. The second kappa shape index (κ2) is 3.52. The van der Waals surface area contributed by atoms with E-state index in [-0.39, 0.29) is 0 Å². The van der Waals surface area contributed by atoms with Crippen molar-refractivity contribution in [2.24, 2.45) is 0 Å². The minimum atomic E-state index is 0.580. The molecule has 0 saturated carbocycles. The molecule has 4 rings (SSSR count). The lowest BCUT2D eigenvalue weighted by atomic mass is 9.89. The van der Waals surface area contributed by atoms with E-state index in [9.17, 15) is 0 Å². The SMILES string of the molecule is c1ccc2c(c1)NC1CCN3CCCCC3=C21. The molecule has 2 heteroatoms. The molecule has 0 bridgehead atoms. The fourth-order valence-electron chi connectivity index (χ4n) is 3.59. The lowest BCUT2D eigenvalue weighted by Gasteiger charge is -2.38. The summed E-state index contributed by atoms with van der Waals surface area (Å²) in [6.07, 6.45) is 5.27. The molecule has 1 aromatic rings. The average molecular weight is 226 g/mol. The number of nitrogens with zero attached hydrogens (tertiary/aromatic N) is 1. The molecule has 1 saturated heterocycles. The number of hydrogen-bond donors (Lipinski definition) is 1. The summed E-state index contributed by atoms with van der Waals surface area (Å²) in [5.74, 6) is 0. The van der Waals surface area contributed by atoms with Gasteiger partial charge < -0.3 is 10.2 Å². The van der Waals surface area contributed by atoms with Crippen molar-refractivity contribution in [2.45, 2.75) is 31.7 Å². The molecule has 0 amide bonds. The highest BCUT2D eigenvalue weighted by Gasteiger charge is 2.34. The number of allylic oxidation sites excluding steroid dienone is 1. The van der Waals surface area contributed by atoms with E-state index in [1.54, 1.807) is 11.3 Å². The molecule has 0 aromatic heterocycles. The van der Waals surface area contributed by atoms with Crippen molar-refractivity contribution < 1.29 is 0 Å². The second-order valence-electron chi connectivity index (χ2n) is 5.34. The van der Waals surface area contributed by atoms with Gasteiger partial charge in [0.05, 0.1) is 6.04 Å².